The first-order valence-corrected chi connectivity index (χ1v) is 13.7. The number of aliphatic hydroxyl groups is 2. The molecule has 0 radical (unpaired) electrons. The summed E-state index contributed by atoms with van der Waals surface area (Å²) in [6.45, 7) is -5.45. The lowest BCUT2D eigenvalue weighted by atomic mass is 10.1. The molecule has 2 unspecified atom stereocenters. The van der Waals surface area contributed by atoms with Crippen LogP contribution >= 0.6 is 22.4 Å². The van der Waals surface area contributed by atoms with E-state index in [1.54, 1.807) is 0 Å². The number of aromatic nitrogens is 4. The number of aromatic amines is 1. The zero-order chi connectivity index (χ0) is 24.1. The van der Waals surface area contributed by atoms with E-state index in [0.717, 1.165) is 10.9 Å². The van der Waals surface area contributed by atoms with Crippen molar-refractivity contribution < 1.29 is 56.8 Å². The Morgan fingerprint density at radius 3 is 2.50 bits per heavy atom. The van der Waals surface area contributed by atoms with Crippen LogP contribution in [-0.4, -0.2) is 74.2 Å². The maximum absolute atomic E-state index is 11.9. The minimum absolute atomic E-state index is 0.0736. The van der Waals surface area contributed by atoms with E-state index in [0.29, 0.717) is 0 Å². The van der Waals surface area contributed by atoms with Gasteiger partial charge >= 0.3 is 22.4 Å². The number of hydrogen-bond acceptors (Lipinski definition) is 13. The molecule has 0 bridgehead atoms. The average molecular weight is 539 g/mol. The van der Waals surface area contributed by atoms with E-state index < -0.39 is 59.1 Å². The minimum atomic E-state index is -5.52. The smallest absolute Gasteiger partial charge is 0.387 e. The van der Waals surface area contributed by atoms with Crippen LogP contribution in [0.2, 0.25) is 0 Å². The summed E-state index contributed by atoms with van der Waals surface area (Å²) in [4.78, 5) is 58.0. The van der Waals surface area contributed by atoms with Crippen molar-refractivity contribution in [3.63, 3.8) is 0 Å². The van der Waals surface area contributed by atoms with Crippen molar-refractivity contribution in [2.45, 2.75) is 24.5 Å². The van der Waals surface area contributed by atoms with Crippen LogP contribution in [0.1, 0.15) is 6.23 Å². The summed E-state index contributed by atoms with van der Waals surface area (Å²) in [6, 6.07) is 0. The van der Waals surface area contributed by atoms with Crippen LogP contribution in [0.4, 0.5) is 5.95 Å². The van der Waals surface area contributed by atoms with Crippen LogP contribution in [0.5, 0.6) is 0 Å². The van der Waals surface area contributed by atoms with E-state index in [-0.39, 0.29) is 17.1 Å². The van der Waals surface area contributed by atoms with Gasteiger partial charge in [-0.25, -0.2) is 18.4 Å². The predicted octanol–water partition coefficient (Wildman–Crippen LogP) is -2.22. The first-order valence-electron chi connectivity index (χ1n) is 8.11. The molecule has 1 saturated heterocycles. The fraction of sp³-hybridized carbons (Fsp3) is 0.500. The van der Waals surface area contributed by atoms with E-state index in [9.17, 15) is 33.9 Å². The fourth-order valence-electron chi connectivity index (χ4n) is 2.70. The van der Waals surface area contributed by atoms with Gasteiger partial charge in [-0.15, -0.1) is 0 Å². The molecule has 180 valence electrons. The van der Waals surface area contributed by atoms with Crippen molar-refractivity contribution in [3.8, 4) is 0 Å². The van der Waals surface area contributed by atoms with E-state index in [2.05, 4.69) is 35.4 Å². The summed E-state index contributed by atoms with van der Waals surface area (Å²) in [5.41, 5.74) is 4.62. The Labute approximate surface area is 181 Å². The maximum atomic E-state index is 11.9. The number of rotatable bonds is 8. The van der Waals surface area contributed by atoms with Gasteiger partial charge < -0.3 is 44.8 Å². The van der Waals surface area contributed by atoms with Gasteiger partial charge in [0.15, 0.2) is 17.4 Å². The van der Waals surface area contributed by atoms with Gasteiger partial charge in [0.05, 0.1) is 12.9 Å². The Kier molecular flexibility index (Phi) is 7.09. The Balaban J connectivity index is 1.72. The molecule has 32 heavy (non-hydrogen) atoms. The monoisotopic (exact) mass is 539 g/mol. The number of hydrogen-bond donors (Lipinski definition) is 8. The van der Waals surface area contributed by atoms with E-state index in [1.807, 2.05) is 0 Å². The number of nitrogens with zero attached hydrogens (tertiary/aromatic N) is 3. The lowest BCUT2D eigenvalue weighted by Gasteiger charge is -2.21. The number of nitrogens with two attached hydrogens (primary N) is 1. The molecule has 2 aromatic heterocycles. The van der Waals surface area contributed by atoms with Gasteiger partial charge in [0, 0.05) is 0 Å². The molecule has 0 aromatic carbocycles. The van der Waals surface area contributed by atoms with Crippen molar-refractivity contribution in [2.24, 2.45) is 0 Å². The van der Waals surface area contributed by atoms with Gasteiger partial charge in [0.1, 0.15) is 18.3 Å². The second-order valence-electron chi connectivity index (χ2n) is 6.21. The number of nitrogens with one attached hydrogen (secondary N) is 1. The van der Waals surface area contributed by atoms with Gasteiger partial charge in [0.25, 0.3) is 5.56 Å². The number of H-pyrrole nitrogens is 1. The van der Waals surface area contributed by atoms with Crippen LogP contribution in [0.15, 0.2) is 11.1 Å². The van der Waals surface area contributed by atoms with Crippen molar-refractivity contribution >= 4 is 51.3 Å². The Morgan fingerprint density at radius 2 is 1.88 bits per heavy atom. The Bertz CT molecular complexity index is 1210. The first kappa shape index (κ1) is 25.5. The van der Waals surface area contributed by atoms with Gasteiger partial charge in [-0.1, -0.05) is 0 Å². The number of anilines is 1. The molecule has 0 amide bonds. The summed E-state index contributed by atoms with van der Waals surface area (Å²) in [6.07, 6.45) is -4.93. The number of fused-ring (bicyclic) bond motifs is 1. The predicted molar refractivity (Wildman–Crippen MR) is 105 cm³/mol. The summed E-state index contributed by atoms with van der Waals surface area (Å²) >= 11 is 4.46. The molecule has 18 nitrogen and oxygen atoms in total. The zero-order valence-electron chi connectivity index (χ0n) is 15.3. The molecule has 6 atom stereocenters. The van der Waals surface area contributed by atoms with Gasteiger partial charge in [-0.05, 0) is 11.8 Å². The largest absolute Gasteiger partial charge is 0.488 e. The molecule has 22 heteroatoms. The average Bonchev–Trinajstić information content (AvgIpc) is 3.12. The van der Waals surface area contributed by atoms with Crippen LogP contribution in [0.3, 0.4) is 0 Å². The first-order chi connectivity index (χ1) is 14.6. The van der Waals surface area contributed by atoms with Gasteiger partial charge in [0.2, 0.25) is 5.95 Å². The van der Waals surface area contributed by atoms with Crippen molar-refractivity contribution in [2.75, 3.05) is 12.3 Å². The Morgan fingerprint density at radius 1 is 1.22 bits per heavy atom. The summed E-state index contributed by atoms with van der Waals surface area (Å²) in [7, 11) is -11.0. The molecular weight excluding hydrogens is 523 g/mol. The van der Waals surface area contributed by atoms with E-state index >= 15 is 0 Å². The van der Waals surface area contributed by atoms with Crippen LogP contribution in [0.25, 0.3) is 11.2 Å². The lowest BCUT2D eigenvalue weighted by molar-refractivity contribution is -0.0486. The molecule has 0 aliphatic carbocycles. The third kappa shape index (κ3) is 5.85. The highest BCUT2D eigenvalue weighted by molar-refractivity contribution is 8.08. The molecule has 0 saturated carbocycles. The topological polar surface area (TPSA) is 282 Å². The molecular formula is C10H16N5O13P3S. The summed E-state index contributed by atoms with van der Waals surface area (Å²) in [5, 5.41) is 20.5. The molecule has 3 heterocycles. The lowest BCUT2D eigenvalue weighted by Crippen LogP contribution is -2.33. The second kappa shape index (κ2) is 8.90. The highest BCUT2D eigenvalue weighted by atomic mass is 32.5. The Hall–Kier alpha value is -1.14. The third-order valence-corrected chi connectivity index (χ3v) is 8.60. The number of aliphatic hydroxyl groups excluding tert-OH is 2. The number of ether oxygens (including phenoxy) is 1. The minimum Gasteiger partial charge on any atom is -0.387 e. The van der Waals surface area contributed by atoms with Crippen molar-refractivity contribution in [1.29, 1.82) is 0 Å². The number of imidazole rings is 1. The number of phosphoric acid groups is 2. The summed E-state index contributed by atoms with van der Waals surface area (Å²) in [5.74, 6) is -0.249. The van der Waals surface area contributed by atoms with E-state index in [4.69, 9.17) is 24.8 Å². The quantitative estimate of drug-likeness (QED) is 0.165. The summed E-state index contributed by atoms with van der Waals surface area (Å²) < 4.78 is 41.1. The molecule has 1 fully saturated rings. The van der Waals surface area contributed by atoms with Crippen LogP contribution < -0.4 is 11.3 Å². The normalized spacial score (nSPS) is 27.9. The maximum Gasteiger partial charge on any atom is 0.488 e. The molecule has 3 rings (SSSR count). The zero-order valence-corrected chi connectivity index (χ0v) is 18.8. The van der Waals surface area contributed by atoms with Crippen molar-refractivity contribution in [1.82, 2.24) is 19.5 Å². The van der Waals surface area contributed by atoms with Gasteiger partial charge in [-0.2, -0.15) is 9.29 Å². The SMILES string of the molecule is Nc1nc2c(ncn2[C@@H]2O[C@H](COP(O)(=S)OP(=O)(O)OP(=O)(O)O)[C@@H](O)[C@H]2O)c(=O)[nH]1. The van der Waals surface area contributed by atoms with Crippen LogP contribution in [-0.2, 0) is 38.8 Å². The standard InChI is InChI=1S/C10H16N5O13P3S/c11-10-13-7-4(8(18)14-10)12-2-15(7)9-6(17)5(16)3(26-9)1-25-31(24,32)28-30(22,23)27-29(19,20)21/h2-3,5-6,9,16-17H,1H2,(H,22,23)(H,24,32)(H2,19,20,21)(H3,11,13,14,18)/t3-,5-,6-,9-,31?/m1/s1. The molecule has 2 aromatic rings. The van der Waals surface area contributed by atoms with E-state index in [1.165, 1.54) is 0 Å². The molecule has 0 spiro atoms. The highest BCUT2D eigenvalue weighted by Crippen LogP contribution is 2.66. The third-order valence-electron chi connectivity index (χ3n) is 3.88. The van der Waals surface area contributed by atoms with Crippen molar-refractivity contribution in [3.05, 3.63) is 16.7 Å². The molecule has 1 aliphatic heterocycles. The van der Waals surface area contributed by atoms with Gasteiger partial charge in [-0.3, -0.25) is 14.3 Å². The molecule has 1 aliphatic rings. The van der Waals surface area contributed by atoms with Crippen LogP contribution in [0, 0.1) is 0 Å². The highest BCUT2D eigenvalue weighted by Gasteiger charge is 2.46. The molecule has 9 N–H and O–H groups in total. The number of nitrogen functional groups attached to an aromatic ring is 1. The second-order valence-corrected chi connectivity index (χ2v) is 12.0. The fourth-order valence-corrected chi connectivity index (χ4v) is 6.67.